The summed E-state index contributed by atoms with van der Waals surface area (Å²) in [7, 11) is 0. The number of hydrogen-bond donors (Lipinski definition) is 1. The Hall–Kier alpha value is -1.06. The van der Waals surface area contributed by atoms with E-state index in [2.05, 4.69) is 49.1 Å². The van der Waals surface area contributed by atoms with Crippen LogP contribution in [0, 0.1) is 19.3 Å². The lowest BCUT2D eigenvalue weighted by molar-refractivity contribution is 0.0981. The van der Waals surface area contributed by atoms with Crippen molar-refractivity contribution in [2.24, 2.45) is 5.41 Å². The normalized spacial score (nSPS) is 20.9. The van der Waals surface area contributed by atoms with Gasteiger partial charge in [0.05, 0.1) is 6.10 Å². The van der Waals surface area contributed by atoms with Gasteiger partial charge in [0.15, 0.2) is 0 Å². The molecule has 2 aromatic heterocycles. The molecule has 0 aromatic carbocycles. The van der Waals surface area contributed by atoms with E-state index in [1.165, 1.54) is 22.5 Å². The third-order valence-corrected chi connectivity index (χ3v) is 5.40. The Kier molecular flexibility index (Phi) is 3.30. The lowest BCUT2D eigenvalue weighted by Gasteiger charge is -2.34. The molecule has 0 amide bonds. The summed E-state index contributed by atoms with van der Waals surface area (Å²) in [4.78, 5) is 0. The zero-order valence-corrected chi connectivity index (χ0v) is 13.5. The maximum absolute atomic E-state index is 10.4. The van der Waals surface area contributed by atoms with Crippen molar-refractivity contribution >= 4 is 11.3 Å². The van der Waals surface area contributed by atoms with Gasteiger partial charge in [-0.1, -0.05) is 13.8 Å². The van der Waals surface area contributed by atoms with Crippen molar-refractivity contribution in [1.82, 2.24) is 4.57 Å². The fourth-order valence-corrected chi connectivity index (χ4v) is 4.19. The molecule has 0 fully saturated rings. The molecule has 108 valence electrons. The maximum atomic E-state index is 10.4. The van der Waals surface area contributed by atoms with E-state index in [9.17, 15) is 5.11 Å². The number of rotatable bonds is 2. The number of nitrogens with zero attached hydrogens (tertiary/aromatic N) is 1. The molecule has 0 spiro atoms. The summed E-state index contributed by atoms with van der Waals surface area (Å²) in [5.41, 5.74) is 6.68. The van der Waals surface area contributed by atoms with Gasteiger partial charge in [0.2, 0.25) is 0 Å². The van der Waals surface area contributed by atoms with E-state index in [-0.39, 0.29) is 11.5 Å². The number of fused-ring (bicyclic) bond motifs is 1. The van der Waals surface area contributed by atoms with E-state index in [0.29, 0.717) is 0 Å². The van der Waals surface area contributed by atoms with Crippen LogP contribution in [0.4, 0.5) is 0 Å². The van der Waals surface area contributed by atoms with Crippen molar-refractivity contribution in [2.45, 2.75) is 53.2 Å². The SMILES string of the molecule is Cc1cscc1Cn1c(C)cc2c1CC(C)(C)CC2O. The molecule has 2 heterocycles. The van der Waals surface area contributed by atoms with Crippen LogP contribution in [0.2, 0.25) is 0 Å². The minimum Gasteiger partial charge on any atom is -0.388 e. The fourth-order valence-electron chi connectivity index (χ4n) is 3.34. The van der Waals surface area contributed by atoms with Crippen LogP contribution in [0.3, 0.4) is 0 Å². The van der Waals surface area contributed by atoms with Crippen molar-refractivity contribution in [1.29, 1.82) is 0 Å². The lowest BCUT2D eigenvalue weighted by Crippen LogP contribution is -2.27. The number of aliphatic hydroxyl groups is 1. The number of aryl methyl sites for hydroxylation is 2. The highest BCUT2D eigenvalue weighted by molar-refractivity contribution is 7.08. The number of aliphatic hydroxyl groups excluding tert-OH is 1. The van der Waals surface area contributed by atoms with Crippen LogP contribution in [0.25, 0.3) is 0 Å². The molecule has 1 atom stereocenters. The molecule has 3 heteroatoms. The van der Waals surface area contributed by atoms with Gasteiger partial charge >= 0.3 is 0 Å². The maximum Gasteiger partial charge on any atom is 0.0812 e. The molecule has 0 saturated heterocycles. The minimum absolute atomic E-state index is 0.179. The van der Waals surface area contributed by atoms with Crippen LogP contribution in [0.1, 0.15) is 54.5 Å². The molecular weight excluding hydrogens is 266 g/mol. The first-order valence-electron chi connectivity index (χ1n) is 7.26. The van der Waals surface area contributed by atoms with E-state index in [1.54, 1.807) is 11.3 Å². The Labute approximate surface area is 125 Å². The molecule has 20 heavy (non-hydrogen) atoms. The van der Waals surface area contributed by atoms with Crippen LogP contribution in [0.5, 0.6) is 0 Å². The summed E-state index contributed by atoms with van der Waals surface area (Å²) in [6, 6.07) is 2.18. The Morgan fingerprint density at radius 2 is 2.10 bits per heavy atom. The first-order valence-corrected chi connectivity index (χ1v) is 8.20. The van der Waals surface area contributed by atoms with Gasteiger partial charge < -0.3 is 9.67 Å². The van der Waals surface area contributed by atoms with Crippen molar-refractivity contribution < 1.29 is 5.11 Å². The lowest BCUT2D eigenvalue weighted by atomic mass is 9.75. The van der Waals surface area contributed by atoms with E-state index in [4.69, 9.17) is 0 Å². The average molecular weight is 289 g/mol. The summed E-state index contributed by atoms with van der Waals surface area (Å²) in [5.74, 6) is 0. The fraction of sp³-hybridized carbons (Fsp3) is 0.529. The van der Waals surface area contributed by atoms with Crippen LogP contribution < -0.4 is 0 Å². The Balaban J connectivity index is 2.03. The van der Waals surface area contributed by atoms with Gasteiger partial charge in [0, 0.05) is 23.5 Å². The Morgan fingerprint density at radius 3 is 2.75 bits per heavy atom. The third-order valence-electron chi connectivity index (χ3n) is 4.49. The number of thiophene rings is 1. The topological polar surface area (TPSA) is 25.2 Å². The van der Waals surface area contributed by atoms with Crippen LogP contribution >= 0.6 is 11.3 Å². The van der Waals surface area contributed by atoms with Crippen molar-refractivity contribution in [2.75, 3.05) is 0 Å². The first kappa shape index (κ1) is 13.9. The molecule has 1 aliphatic rings. The van der Waals surface area contributed by atoms with E-state index in [1.807, 2.05) is 0 Å². The van der Waals surface area contributed by atoms with E-state index in [0.717, 1.165) is 24.9 Å². The standard InChI is InChI=1S/C17H23NOS/c1-11-9-20-10-13(11)8-18-12(2)5-14-15(18)6-17(3,4)7-16(14)19/h5,9-10,16,19H,6-8H2,1-4H3. The molecule has 1 unspecified atom stereocenters. The van der Waals surface area contributed by atoms with E-state index >= 15 is 0 Å². The molecule has 0 aliphatic heterocycles. The third kappa shape index (κ3) is 2.33. The van der Waals surface area contributed by atoms with Crippen molar-refractivity contribution in [3.8, 4) is 0 Å². The molecule has 3 rings (SSSR count). The Morgan fingerprint density at radius 1 is 1.35 bits per heavy atom. The molecule has 0 saturated carbocycles. The smallest absolute Gasteiger partial charge is 0.0812 e. The predicted octanol–water partition coefficient (Wildman–Crippen LogP) is 4.22. The molecular formula is C17H23NOS. The number of hydrogen-bond acceptors (Lipinski definition) is 2. The zero-order valence-electron chi connectivity index (χ0n) is 12.7. The summed E-state index contributed by atoms with van der Waals surface area (Å²) in [6.45, 7) is 9.76. The average Bonchev–Trinajstić information content (AvgIpc) is 2.86. The highest BCUT2D eigenvalue weighted by Crippen LogP contribution is 2.42. The Bertz CT molecular complexity index is 635. The van der Waals surface area contributed by atoms with Crippen LogP contribution in [-0.2, 0) is 13.0 Å². The molecule has 0 bridgehead atoms. The highest BCUT2D eigenvalue weighted by atomic mass is 32.1. The molecule has 0 radical (unpaired) electrons. The van der Waals surface area contributed by atoms with Gasteiger partial charge in [-0.15, -0.1) is 0 Å². The van der Waals surface area contributed by atoms with Crippen LogP contribution in [-0.4, -0.2) is 9.67 Å². The second-order valence-electron chi connectivity index (χ2n) is 6.91. The van der Waals surface area contributed by atoms with Gasteiger partial charge in [0.1, 0.15) is 0 Å². The summed E-state index contributed by atoms with van der Waals surface area (Å²) < 4.78 is 2.40. The zero-order chi connectivity index (χ0) is 14.5. The highest BCUT2D eigenvalue weighted by Gasteiger charge is 2.34. The quantitative estimate of drug-likeness (QED) is 0.879. The molecule has 2 nitrogen and oxygen atoms in total. The van der Waals surface area contributed by atoms with E-state index < -0.39 is 0 Å². The van der Waals surface area contributed by atoms with Gasteiger partial charge in [0.25, 0.3) is 0 Å². The summed E-state index contributed by atoms with van der Waals surface area (Å²) in [6.07, 6.45) is 1.61. The largest absolute Gasteiger partial charge is 0.388 e. The second-order valence-corrected chi connectivity index (χ2v) is 7.66. The van der Waals surface area contributed by atoms with Gasteiger partial charge in [-0.25, -0.2) is 0 Å². The van der Waals surface area contributed by atoms with Gasteiger partial charge in [-0.05, 0) is 60.1 Å². The summed E-state index contributed by atoms with van der Waals surface area (Å²) in [5, 5.41) is 14.9. The predicted molar refractivity (Wildman–Crippen MR) is 84.4 cm³/mol. The van der Waals surface area contributed by atoms with Gasteiger partial charge in [-0.3, -0.25) is 0 Å². The van der Waals surface area contributed by atoms with Crippen molar-refractivity contribution in [3.05, 3.63) is 44.9 Å². The monoisotopic (exact) mass is 289 g/mol. The molecule has 1 aliphatic carbocycles. The van der Waals surface area contributed by atoms with Gasteiger partial charge in [-0.2, -0.15) is 11.3 Å². The molecule has 1 N–H and O–H groups in total. The number of aromatic nitrogens is 1. The second kappa shape index (κ2) is 4.74. The molecule has 2 aromatic rings. The minimum atomic E-state index is -0.308. The van der Waals surface area contributed by atoms with Crippen LogP contribution in [0.15, 0.2) is 16.8 Å². The first-order chi connectivity index (χ1) is 9.37. The summed E-state index contributed by atoms with van der Waals surface area (Å²) >= 11 is 1.77. The van der Waals surface area contributed by atoms with Crippen molar-refractivity contribution in [3.63, 3.8) is 0 Å².